The average molecular weight is 476 g/mol. The Balaban J connectivity index is 1.57. The summed E-state index contributed by atoms with van der Waals surface area (Å²) in [5.74, 6) is 1.58. The first-order valence-corrected chi connectivity index (χ1v) is 13.4. The van der Waals surface area contributed by atoms with Crippen molar-refractivity contribution >= 4 is 33.3 Å². The van der Waals surface area contributed by atoms with E-state index in [-0.39, 0.29) is 5.56 Å². The first-order valence-electron chi connectivity index (χ1n) is 11.6. The Bertz CT molecular complexity index is 1300. The van der Waals surface area contributed by atoms with Crippen molar-refractivity contribution in [3.05, 3.63) is 87.0 Å². The highest BCUT2D eigenvalue weighted by Gasteiger charge is 2.26. The van der Waals surface area contributed by atoms with Crippen molar-refractivity contribution < 1.29 is 0 Å². The molecular formula is C27H29N3OS2. The predicted molar refractivity (Wildman–Crippen MR) is 140 cm³/mol. The van der Waals surface area contributed by atoms with Gasteiger partial charge in [0.15, 0.2) is 5.16 Å². The molecule has 4 aromatic rings. The number of hydrogen-bond acceptors (Lipinski definition) is 5. The molecule has 170 valence electrons. The molecule has 3 heterocycles. The highest BCUT2D eigenvalue weighted by Crippen LogP contribution is 2.37. The van der Waals surface area contributed by atoms with Gasteiger partial charge in [-0.05, 0) is 42.0 Å². The van der Waals surface area contributed by atoms with Gasteiger partial charge in [0.1, 0.15) is 4.83 Å². The molecule has 0 N–H and O–H groups in total. The summed E-state index contributed by atoms with van der Waals surface area (Å²) in [5, 5.41) is 1.61. The topological polar surface area (TPSA) is 38.1 Å². The summed E-state index contributed by atoms with van der Waals surface area (Å²) in [4.78, 5) is 22.8. The van der Waals surface area contributed by atoms with Gasteiger partial charge in [-0.25, -0.2) is 0 Å². The van der Waals surface area contributed by atoms with Crippen molar-refractivity contribution in [2.45, 2.75) is 44.9 Å². The van der Waals surface area contributed by atoms with E-state index < -0.39 is 0 Å². The van der Waals surface area contributed by atoms with Crippen LogP contribution in [0.3, 0.4) is 0 Å². The quantitative estimate of drug-likeness (QED) is 0.238. The molecular weight excluding hydrogens is 446 g/mol. The molecule has 0 amide bonds. The van der Waals surface area contributed by atoms with Crippen molar-refractivity contribution in [2.24, 2.45) is 5.92 Å². The van der Waals surface area contributed by atoms with Crippen molar-refractivity contribution in [2.75, 3.05) is 12.3 Å². The minimum Gasteiger partial charge on any atom is -0.294 e. The van der Waals surface area contributed by atoms with Gasteiger partial charge in [-0.15, -0.1) is 11.3 Å². The highest BCUT2D eigenvalue weighted by molar-refractivity contribution is 7.99. The molecule has 1 aliphatic rings. The summed E-state index contributed by atoms with van der Waals surface area (Å²) in [7, 11) is 0. The van der Waals surface area contributed by atoms with Gasteiger partial charge in [-0.1, -0.05) is 74.1 Å². The second kappa shape index (κ2) is 9.84. The molecule has 2 aromatic heterocycles. The van der Waals surface area contributed by atoms with E-state index in [4.69, 9.17) is 0 Å². The van der Waals surface area contributed by atoms with Gasteiger partial charge in [0.05, 0.1) is 5.39 Å². The number of para-hydroxylation sites is 1. The second-order valence-corrected chi connectivity index (χ2v) is 11.2. The monoisotopic (exact) mass is 475 g/mol. The Morgan fingerprint density at radius 3 is 2.52 bits per heavy atom. The summed E-state index contributed by atoms with van der Waals surface area (Å²) in [5.41, 5.74) is 3.48. The van der Waals surface area contributed by atoms with E-state index >= 15 is 0 Å². The van der Waals surface area contributed by atoms with E-state index in [9.17, 15) is 4.79 Å². The molecule has 0 atom stereocenters. The third kappa shape index (κ3) is 4.79. The van der Waals surface area contributed by atoms with E-state index in [1.54, 1.807) is 23.1 Å². The van der Waals surface area contributed by atoms with E-state index in [0.29, 0.717) is 5.92 Å². The van der Waals surface area contributed by atoms with E-state index in [1.165, 1.54) is 16.0 Å². The minimum atomic E-state index is -0.0803. The fourth-order valence-corrected chi connectivity index (χ4v) is 6.97. The van der Waals surface area contributed by atoms with Crippen LogP contribution in [-0.4, -0.2) is 26.7 Å². The van der Waals surface area contributed by atoms with Crippen molar-refractivity contribution in [1.82, 2.24) is 14.5 Å². The third-order valence-corrected chi connectivity index (χ3v) is 8.35. The van der Waals surface area contributed by atoms with E-state index in [0.717, 1.165) is 59.3 Å². The Kier molecular flexibility index (Phi) is 6.67. The van der Waals surface area contributed by atoms with Crippen LogP contribution >= 0.6 is 23.1 Å². The molecule has 0 saturated heterocycles. The zero-order chi connectivity index (χ0) is 22.8. The molecule has 0 bridgehead atoms. The van der Waals surface area contributed by atoms with Gasteiger partial charge >= 0.3 is 0 Å². The molecule has 2 aromatic carbocycles. The Labute approximate surface area is 203 Å². The Morgan fingerprint density at radius 1 is 1.06 bits per heavy atom. The van der Waals surface area contributed by atoms with Crippen LogP contribution in [0.1, 0.15) is 36.3 Å². The molecule has 0 saturated carbocycles. The van der Waals surface area contributed by atoms with Gasteiger partial charge in [0.25, 0.3) is 5.56 Å². The van der Waals surface area contributed by atoms with Crippen LogP contribution < -0.4 is 5.56 Å². The normalized spacial score (nSPS) is 14.2. The third-order valence-electron chi connectivity index (χ3n) is 6.10. The smallest absolute Gasteiger partial charge is 0.282 e. The first kappa shape index (κ1) is 22.4. The Morgan fingerprint density at radius 2 is 1.79 bits per heavy atom. The predicted octanol–water partition coefficient (Wildman–Crippen LogP) is 6.14. The fourth-order valence-electron chi connectivity index (χ4n) is 4.35. The lowest BCUT2D eigenvalue weighted by Crippen LogP contribution is -2.30. The zero-order valence-corrected chi connectivity index (χ0v) is 20.8. The number of thioether (sulfide) groups is 1. The van der Waals surface area contributed by atoms with E-state index in [2.05, 4.69) is 82.9 Å². The maximum atomic E-state index is 13.3. The molecule has 33 heavy (non-hydrogen) atoms. The van der Waals surface area contributed by atoms with Crippen LogP contribution in [0.25, 0.3) is 15.9 Å². The number of hydrogen-bond donors (Lipinski definition) is 0. The molecule has 6 heteroatoms. The van der Waals surface area contributed by atoms with Gasteiger partial charge in [-0.2, -0.15) is 4.98 Å². The lowest BCUT2D eigenvalue weighted by atomic mass is 10.1. The molecule has 4 nitrogen and oxygen atoms in total. The van der Waals surface area contributed by atoms with Crippen LogP contribution in [0.4, 0.5) is 0 Å². The lowest BCUT2D eigenvalue weighted by molar-refractivity contribution is 0.248. The summed E-state index contributed by atoms with van der Waals surface area (Å²) in [6.07, 6.45) is 2.08. The summed E-state index contributed by atoms with van der Waals surface area (Å²) >= 11 is 3.48. The van der Waals surface area contributed by atoms with Gasteiger partial charge in [0, 0.05) is 36.0 Å². The highest BCUT2D eigenvalue weighted by atomic mass is 32.2. The fraction of sp³-hybridized carbons (Fsp3) is 0.333. The maximum Gasteiger partial charge on any atom is 0.282 e. The maximum absolute atomic E-state index is 13.3. The molecule has 5 rings (SSSR count). The number of thiophene rings is 1. The summed E-state index contributed by atoms with van der Waals surface area (Å²) in [6.45, 7) is 7.18. The molecule has 0 unspecified atom stereocenters. The molecule has 1 aliphatic heterocycles. The molecule has 0 spiro atoms. The van der Waals surface area contributed by atoms with Crippen LogP contribution in [0.2, 0.25) is 0 Å². The number of rotatable bonds is 7. The average Bonchev–Trinajstić information content (AvgIpc) is 3.19. The van der Waals surface area contributed by atoms with Gasteiger partial charge < -0.3 is 0 Å². The zero-order valence-electron chi connectivity index (χ0n) is 19.2. The summed E-state index contributed by atoms with van der Waals surface area (Å²) in [6, 6.07) is 20.9. The van der Waals surface area contributed by atoms with Crippen molar-refractivity contribution in [3.8, 4) is 5.69 Å². The standard InChI is InChI=1S/C27H29N3OS2/c1-19(2)14-16-32-27-28-25(31)24-22-18-29(17-20-9-5-3-6-10-20)15-13-23(22)33-26(24)30(27)21-11-7-4-8-12-21/h3-12,19H,13-18H2,1-2H3. The first-order chi connectivity index (χ1) is 16.1. The molecule has 0 aliphatic carbocycles. The number of aromatic nitrogens is 2. The van der Waals surface area contributed by atoms with Crippen molar-refractivity contribution in [3.63, 3.8) is 0 Å². The summed E-state index contributed by atoms with van der Waals surface area (Å²) < 4.78 is 2.21. The SMILES string of the molecule is CC(C)CCSc1nc(=O)c2c3c(sc2n1-c1ccccc1)CCN(Cc1ccccc1)C3. The van der Waals surface area contributed by atoms with Crippen molar-refractivity contribution in [1.29, 1.82) is 0 Å². The van der Waals surface area contributed by atoms with Crippen LogP contribution in [0, 0.1) is 5.92 Å². The van der Waals surface area contributed by atoms with Gasteiger partial charge in [-0.3, -0.25) is 14.3 Å². The molecule has 0 fully saturated rings. The largest absolute Gasteiger partial charge is 0.294 e. The number of benzene rings is 2. The van der Waals surface area contributed by atoms with Gasteiger partial charge in [0.2, 0.25) is 0 Å². The van der Waals surface area contributed by atoms with Crippen LogP contribution in [-0.2, 0) is 19.5 Å². The second-order valence-electron chi connectivity index (χ2n) is 9.03. The Hall–Kier alpha value is -2.41. The molecule has 0 radical (unpaired) electrons. The number of nitrogens with zero attached hydrogens (tertiary/aromatic N) is 3. The minimum absolute atomic E-state index is 0.0803. The lowest BCUT2D eigenvalue weighted by Gasteiger charge is -2.26. The van der Waals surface area contributed by atoms with E-state index in [1.807, 2.05) is 6.07 Å². The number of fused-ring (bicyclic) bond motifs is 3. The van der Waals surface area contributed by atoms with Crippen LogP contribution in [0.15, 0.2) is 70.6 Å². The van der Waals surface area contributed by atoms with Crippen LogP contribution in [0.5, 0.6) is 0 Å².